The molecule has 0 saturated carbocycles. The molecule has 17 heavy (non-hydrogen) atoms. The Labute approximate surface area is 107 Å². The lowest BCUT2D eigenvalue weighted by molar-refractivity contribution is -0.141. The zero-order chi connectivity index (χ0) is 13.0. The Hall–Kier alpha value is -1.23. The van der Waals surface area contributed by atoms with Crippen molar-refractivity contribution >= 4 is 27.7 Å². The summed E-state index contributed by atoms with van der Waals surface area (Å²) < 4.78 is 19.0. The minimum Gasteiger partial charge on any atom is -0.466 e. The molecule has 0 atom stereocenters. The molecular weight excluding hydrogens is 291 g/mol. The highest BCUT2D eigenvalue weighted by atomic mass is 79.9. The lowest BCUT2D eigenvalue weighted by atomic mass is 10.0. The second-order valence-corrected chi connectivity index (χ2v) is 4.29. The number of benzene rings is 1. The predicted molar refractivity (Wildman–Crippen MR) is 64.4 cm³/mol. The van der Waals surface area contributed by atoms with Crippen molar-refractivity contribution < 1.29 is 18.7 Å². The number of ketones is 1. The zero-order valence-electron chi connectivity index (χ0n) is 9.55. The third kappa shape index (κ3) is 3.36. The van der Waals surface area contributed by atoms with Crippen LogP contribution in [-0.4, -0.2) is 18.4 Å². The van der Waals surface area contributed by atoms with Gasteiger partial charge in [-0.2, -0.15) is 0 Å². The number of hydrogen-bond donors (Lipinski definition) is 0. The van der Waals surface area contributed by atoms with Gasteiger partial charge in [-0.3, -0.25) is 9.59 Å². The molecule has 0 amide bonds. The van der Waals surface area contributed by atoms with Gasteiger partial charge >= 0.3 is 5.97 Å². The first-order valence-corrected chi connectivity index (χ1v) is 5.90. The monoisotopic (exact) mass is 302 g/mol. The van der Waals surface area contributed by atoms with Crippen LogP contribution in [0.2, 0.25) is 0 Å². The smallest absolute Gasteiger partial charge is 0.313 e. The number of ether oxygens (including phenoxy) is 1. The van der Waals surface area contributed by atoms with Crippen molar-refractivity contribution in [3.63, 3.8) is 0 Å². The summed E-state index contributed by atoms with van der Waals surface area (Å²) >= 11 is 3.16. The maximum Gasteiger partial charge on any atom is 0.313 e. The van der Waals surface area contributed by atoms with Crippen molar-refractivity contribution in [1.82, 2.24) is 0 Å². The Balaban J connectivity index is 2.90. The number of rotatable bonds is 4. The lowest BCUT2D eigenvalue weighted by Crippen LogP contribution is -2.13. The Kier molecular flexibility index (Phi) is 4.81. The van der Waals surface area contributed by atoms with Gasteiger partial charge in [-0.1, -0.05) is 15.9 Å². The molecule has 0 bridgehead atoms. The average Bonchev–Trinajstić information content (AvgIpc) is 2.26. The van der Waals surface area contributed by atoms with Crippen LogP contribution in [0.1, 0.15) is 29.3 Å². The molecule has 0 N–H and O–H groups in total. The fourth-order valence-corrected chi connectivity index (χ4v) is 1.62. The fraction of sp³-hybridized carbons (Fsp3) is 0.333. The van der Waals surface area contributed by atoms with Gasteiger partial charge in [0.2, 0.25) is 0 Å². The molecule has 3 nitrogen and oxygen atoms in total. The van der Waals surface area contributed by atoms with Crippen molar-refractivity contribution in [1.29, 1.82) is 0 Å². The van der Waals surface area contributed by atoms with Gasteiger partial charge in [-0.25, -0.2) is 4.39 Å². The molecule has 1 rings (SSSR count). The van der Waals surface area contributed by atoms with Gasteiger partial charge in [0.15, 0.2) is 5.78 Å². The second kappa shape index (κ2) is 5.91. The molecule has 92 valence electrons. The van der Waals surface area contributed by atoms with E-state index >= 15 is 0 Å². The van der Waals surface area contributed by atoms with Gasteiger partial charge in [0.25, 0.3) is 0 Å². The van der Waals surface area contributed by atoms with E-state index in [0.717, 1.165) is 0 Å². The molecule has 0 aliphatic carbocycles. The van der Waals surface area contributed by atoms with Crippen molar-refractivity contribution in [2.45, 2.75) is 20.3 Å². The molecule has 1 aromatic rings. The van der Waals surface area contributed by atoms with Crippen molar-refractivity contribution in [2.24, 2.45) is 0 Å². The van der Waals surface area contributed by atoms with Crippen LogP contribution in [0.15, 0.2) is 16.6 Å². The molecule has 5 heteroatoms. The molecule has 0 unspecified atom stereocenters. The van der Waals surface area contributed by atoms with Gasteiger partial charge in [0.05, 0.1) is 12.2 Å². The van der Waals surface area contributed by atoms with Crippen LogP contribution < -0.4 is 0 Å². The van der Waals surface area contributed by atoms with E-state index in [0.29, 0.717) is 10.0 Å². The van der Waals surface area contributed by atoms with Crippen molar-refractivity contribution in [3.05, 3.63) is 33.5 Å². The third-order valence-corrected chi connectivity index (χ3v) is 3.09. The number of hydrogen-bond acceptors (Lipinski definition) is 3. The lowest BCUT2D eigenvalue weighted by Gasteiger charge is -2.06. The van der Waals surface area contributed by atoms with E-state index in [1.807, 2.05) is 0 Å². The standard InChI is InChI=1S/C12H12BrFO3/c1-3-17-11(16)6-10(15)8-4-5-9(13)7(2)12(8)14/h4-5H,3,6H2,1-2H3. The van der Waals surface area contributed by atoms with Crippen LogP contribution in [0, 0.1) is 12.7 Å². The Bertz CT molecular complexity index is 457. The quantitative estimate of drug-likeness (QED) is 0.488. The Morgan fingerprint density at radius 1 is 1.41 bits per heavy atom. The van der Waals surface area contributed by atoms with Gasteiger partial charge in [-0.05, 0) is 31.5 Å². The highest BCUT2D eigenvalue weighted by Crippen LogP contribution is 2.22. The first kappa shape index (κ1) is 13.8. The van der Waals surface area contributed by atoms with Crippen LogP contribution in [-0.2, 0) is 9.53 Å². The van der Waals surface area contributed by atoms with E-state index in [2.05, 4.69) is 20.7 Å². The molecule has 0 saturated heterocycles. The molecule has 0 aliphatic rings. The largest absolute Gasteiger partial charge is 0.466 e. The molecule has 0 fully saturated rings. The maximum atomic E-state index is 13.7. The zero-order valence-corrected chi connectivity index (χ0v) is 11.1. The highest BCUT2D eigenvalue weighted by Gasteiger charge is 2.18. The topological polar surface area (TPSA) is 43.4 Å². The summed E-state index contributed by atoms with van der Waals surface area (Å²) in [7, 11) is 0. The second-order valence-electron chi connectivity index (χ2n) is 3.44. The summed E-state index contributed by atoms with van der Waals surface area (Å²) in [6.07, 6.45) is -0.439. The van der Waals surface area contributed by atoms with Crippen molar-refractivity contribution in [3.8, 4) is 0 Å². The Morgan fingerprint density at radius 2 is 2.06 bits per heavy atom. The predicted octanol–water partition coefficient (Wildman–Crippen LogP) is 3.03. The van der Waals surface area contributed by atoms with E-state index in [1.54, 1.807) is 19.9 Å². The van der Waals surface area contributed by atoms with E-state index in [-0.39, 0.29) is 12.2 Å². The van der Waals surface area contributed by atoms with E-state index in [1.165, 1.54) is 6.07 Å². The van der Waals surface area contributed by atoms with Crippen molar-refractivity contribution in [2.75, 3.05) is 6.61 Å². The normalized spacial score (nSPS) is 10.1. The van der Waals surface area contributed by atoms with Gasteiger partial charge < -0.3 is 4.74 Å². The molecular formula is C12H12BrFO3. The SMILES string of the molecule is CCOC(=O)CC(=O)c1ccc(Br)c(C)c1F. The molecule has 0 radical (unpaired) electrons. The van der Waals surface area contributed by atoms with Crippen LogP contribution in [0.4, 0.5) is 4.39 Å². The first-order chi connectivity index (χ1) is 7.97. The van der Waals surface area contributed by atoms with Gasteiger partial charge in [0, 0.05) is 4.47 Å². The number of Topliss-reactive ketones (excluding diaryl/α,β-unsaturated/α-hetero) is 1. The van der Waals surface area contributed by atoms with Crippen LogP contribution in [0.25, 0.3) is 0 Å². The van der Waals surface area contributed by atoms with E-state index < -0.39 is 24.0 Å². The van der Waals surface area contributed by atoms with Gasteiger partial charge in [0.1, 0.15) is 12.2 Å². The van der Waals surface area contributed by atoms with Crippen LogP contribution >= 0.6 is 15.9 Å². The summed E-state index contributed by atoms with van der Waals surface area (Å²) in [5.41, 5.74) is 0.262. The number of carbonyl (C=O) groups is 2. The molecule has 0 heterocycles. The molecule has 0 aromatic heterocycles. The maximum absolute atomic E-state index is 13.7. The first-order valence-electron chi connectivity index (χ1n) is 5.10. The minimum absolute atomic E-state index is 0.0845. The van der Waals surface area contributed by atoms with Gasteiger partial charge in [-0.15, -0.1) is 0 Å². The van der Waals surface area contributed by atoms with E-state index in [4.69, 9.17) is 0 Å². The third-order valence-electron chi connectivity index (χ3n) is 2.23. The summed E-state index contributed by atoms with van der Waals surface area (Å²) in [5, 5.41) is 0. The minimum atomic E-state index is -0.641. The Morgan fingerprint density at radius 3 is 2.65 bits per heavy atom. The summed E-state index contributed by atoms with van der Waals surface area (Å²) in [4.78, 5) is 22.8. The number of esters is 1. The molecule has 0 spiro atoms. The average molecular weight is 303 g/mol. The highest BCUT2D eigenvalue weighted by molar-refractivity contribution is 9.10. The summed E-state index contributed by atoms with van der Waals surface area (Å²) in [6.45, 7) is 3.40. The summed E-state index contributed by atoms with van der Waals surface area (Å²) in [5.74, 6) is -1.82. The summed E-state index contributed by atoms with van der Waals surface area (Å²) in [6, 6.07) is 2.94. The van der Waals surface area contributed by atoms with E-state index in [9.17, 15) is 14.0 Å². The number of halogens is 2. The van der Waals surface area contributed by atoms with Crippen LogP contribution in [0.3, 0.4) is 0 Å². The van der Waals surface area contributed by atoms with Crippen LogP contribution in [0.5, 0.6) is 0 Å². The molecule has 1 aromatic carbocycles. The molecule has 0 aliphatic heterocycles. The fourth-order valence-electron chi connectivity index (χ4n) is 1.32. The number of carbonyl (C=O) groups excluding carboxylic acids is 2.